The molecule has 0 aliphatic carbocycles. The lowest BCUT2D eigenvalue weighted by Crippen LogP contribution is -2.61. The Hall–Kier alpha value is -3.78. The fourth-order valence-corrected chi connectivity index (χ4v) is 4.13. The minimum Gasteiger partial charge on any atom is -0.467 e. The van der Waals surface area contributed by atoms with Gasteiger partial charge in [-0.3, -0.25) is 24.0 Å². The van der Waals surface area contributed by atoms with Crippen molar-refractivity contribution in [2.75, 3.05) is 13.7 Å². The summed E-state index contributed by atoms with van der Waals surface area (Å²) in [5.74, 6) is -3.87. The number of hydrogen-bond acceptors (Lipinski definition) is 10. The van der Waals surface area contributed by atoms with Gasteiger partial charge < -0.3 is 40.2 Å². The van der Waals surface area contributed by atoms with Crippen molar-refractivity contribution >= 4 is 35.6 Å². The van der Waals surface area contributed by atoms with Crippen LogP contribution in [-0.4, -0.2) is 96.9 Å². The first-order chi connectivity index (χ1) is 21.1. The highest BCUT2D eigenvalue weighted by molar-refractivity contribution is 5.96. The van der Waals surface area contributed by atoms with Gasteiger partial charge >= 0.3 is 11.9 Å². The average Bonchev–Trinajstić information content (AvgIpc) is 2.90. The minimum absolute atomic E-state index is 0.0104. The Morgan fingerprint density at radius 2 is 1.22 bits per heavy atom. The van der Waals surface area contributed by atoms with Crippen molar-refractivity contribution < 1.29 is 47.7 Å². The van der Waals surface area contributed by atoms with Crippen molar-refractivity contribution in [1.82, 2.24) is 21.3 Å². The number of methoxy groups -OCH3 is 1. The smallest absolute Gasteiger partial charge is 0.328 e. The third-order valence-corrected chi connectivity index (χ3v) is 5.97. The van der Waals surface area contributed by atoms with E-state index in [1.165, 1.54) is 39.2 Å². The molecule has 0 saturated carbocycles. The number of carbonyl (C=O) groups is 6. The van der Waals surface area contributed by atoms with E-state index in [0.717, 1.165) is 0 Å². The highest BCUT2D eigenvalue weighted by Gasteiger charge is 2.36. The highest BCUT2D eigenvalue weighted by atomic mass is 16.5. The number of rotatable bonds is 17. The summed E-state index contributed by atoms with van der Waals surface area (Å²) in [5, 5.41) is 10.4. The zero-order chi connectivity index (χ0) is 35.8. The molecule has 0 radical (unpaired) electrons. The molecule has 14 nitrogen and oxygen atoms in total. The Balaban J connectivity index is 5.99. The van der Waals surface area contributed by atoms with E-state index < -0.39 is 83.1 Å². The zero-order valence-corrected chi connectivity index (χ0v) is 29.3. The molecule has 0 aliphatic heterocycles. The van der Waals surface area contributed by atoms with Gasteiger partial charge in [0.15, 0.2) is 0 Å². The summed E-state index contributed by atoms with van der Waals surface area (Å²) in [6.45, 7) is 18.3. The summed E-state index contributed by atoms with van der Waals surface area (Å²) in [6, 6.07) is -4.73. The standard InChI is InChI=1S/C32H54N4O10/c1-13-16-24(38)35-25(20(3)45-31(6,7)8)28(40)33-19(2)27(39)36-26(21(4)46-32(9,10)11)29(41)34-23(30(42)43-12)17-14-15-18-44-22(5)37/h13-16,19-21,23,25-26H,17-18H2,1-12H3,(H,33,40)(H,34,41)(H,35,38)(H,36,39)/b15-14+,16-13+. The average molecular weight is 655 g/mol. The van der Waals surface area contributed by atoms with Crippen LogP contribution in [0.4, 0.5) is 0 Å². The molecule has 14 heteroatoms. The molecule has 0 aromatic heterocycles. The van der Waals surface area contributed by atoms with Crippen molar-refractivity contribution in [1.29, 1.82) is 0 Å². The molecule has 0 fully saturated rings. The van der Waals surface area contributed by atoms with E-state index in [2.05, 4.69) is 21.3 Å². The van der Waals surface area contributed by atoms with Crippen LogP contribution >= 0.6 is 0 Å². The predicted molar refractivity (Wildman–Crippen MR) is 171 cm³/mol. The van der Waals surface area contributed by atoms with Crippen LogP contribution in [0.25, 0.3) is 0 Å². The molecular formula is C32H54N4O10. The maximum absolute atomic E-state index is 13.5. The summed E-state index contributed by atoms with van der Waals surface area (Å²) in [7, 11) is 1.17. The quantitative estimate of drug-likeness (QED) is 0.102. The predicted octanol–water partition coefficient (Wildman–Crippen LogP) is 1.61. The van der Waals surface area contributed by atoms with Gasteiger partial charge in [0.2, 0.25) is 23.6 Å². The number of carbonyl (C=O) groups excluding carboxylic acids is 6. The first-order valence-electron chi connectivity index (χ1n) is 15.2. The summed E-state index contributed by atoms with van der Waals surface area (Å²) in [4.78, 5) is 75.9. The largest absolute Gasteiger partial charge is 0.467 e. The summed E-state index contributed by atoms with van der Waals surface area (Å²) >= 11 is 0. The maximum atomic E-state index is 13.5. The monoisotopic (exact) mass is 654 g/mol. The van der Waals surface area contributed by atoms with Crippen LogP contribution in [0.1, 0.15) is 82.6 Å². The maximum Gasteiger partial charge on any atom is 0.328 e. The van der Waals surface area contributed by atoms with E-state index in [1.807, 2.05) is 0 Å². The number of nitrogens with one attached hydrogen (secondary N) is 4. The zero-order valence-electron chi connectivity index (χ0n) is 29.3. The lowest BCUT2D eigenvalue weighted by atomic mass is 10.1. The number of ether oxygens (including phenoxy) is 4. The molecule has 0 rings (SSSR count). The van der Waals surface area contributed by atoms with Crippen LogP contribution in [-0.2, 0) is 47.7 Å². The molecule has 0 heterocycles. The minimum atomic E-state index is -1.29. The first-order valence-corrected chi connectivity index (χ1v) is 15.2. The molecule has 6 atom stereocenters. The van der Waals surface area contributed by atoms with Gasteiger partial charge in [-0.05, 0) is 81.7 Å². The topological polar surface area (TPSA) is 187 Å². The van der Waals surface area contributed by atoms with Crippen molar-refractivity contribution in [2.45, 2.75) is 130 Å². The lowest BCUT2D eigenvalue weighted by molar-refractivity contribution is -0.147. The van der Waals surface area contributed by atoms with Crippen LogP contribution in [0, 0.1) is 0 Å². The molecule has 0 bridgehead atoms. The van der Waals surface area contributed by atoms with Crippen molar-refractivity contribution in [2.24, 2.45) is 0 Å². The highest BCUT2D eigenvalue weighted by Crippen LogP contribution is 2.15. The number of amides is 4. The molecule has 46 heavy (non-hydrogen) atoms. The normalized spacial score (nSPS) is 16.0. The molecule has 0 aromatic rings. The molecule has 4 N–H and O–H groups in total. The summed E-state index contributed by atoms with van der Waals surface area (Å²) in [6.07, 6.45) is 4.21. The van der Waals surface area contributed by atoms with Gasteiger partial charge in [0.05, 0.1) is 30.5 Å². The fraction of sp³-hybridized carbons (Fsp3) is 0.688. The summed E-state index contributed by atoms with van der Waals surface area (Å²) in [5.41, 5.74) is -1.33. The van der Waals surface area contributed by atoms with Gasteiger partial charge in [-0.15, -0.1) is 0 Å². The molecule has 0 aromatic carbocycles. The van der Waals surface area contributed by atoms with Gasteiger partial charge in [0, 0.05) is 6.92 Å². The molecular weight excluding hydrogens is 600 g/mol. The lowest BCUT2D eigenvalue weighted by Gasteiger charge is -2.33. The van der Waals surface area contributed by atoms with Crippen LogP contribution in [0.5, 0.6) is 0 Å². The molecule has 0 saturated heterocycles. The number of hydrogen-bond donors (Lipinski definition) is 4. The number of allylic oxidation sites excluding steroid dienone is 1. The SMILES string of the molecule is C/C=C/C(=O)NC(C(=O)NC(C)C(=O)NC(C(=O)NC(C/C=C/COC(C)=O)C(=O)OC)C(C)OC(C)(C)C)C(C)OC(C)(C)C. The molecule has 0 spiro atoms. The Morgan fingerprint density at radius 1 is 0.717 bits per heavy atom. The van der Waals surface area contributed by atoms with E-state index in [-0.39, 0.29) is 13.0 Å². The van der Waals surface area contributed by atoms with E-state index in [9.17, 15) is 28.8 Å². The van der Waals surface area contributed by atoms with E-state index in [4.69, 9.17) is 18.9 Å². The number of esters is 2. The van der Waals surface area contributed by atoms with Crippen LogP contribution < -0.4 is 21.3 Å². The first kappa shape index (κ1) is 42.2. The van der Waals surface area contributed by atoms with Gasteiger partial charge in [0.25, 0.3) is 0 Å². The Labute approximate surface area is 272 Å². The van der Waals surface area contributed by atoms with E-state index >= 15 is 0 Å². The molecule has 6 unspecified atom stereocenters. The second-order valence-electron chi connectivity index (χ2n) is 12.7. The van der Waals surface area contributed by atoms with Crippen LogP contribution in [0.3, 0.4) is 0 Å². The van der Waals surface area contributed by atoms with Crippen molar-refractivity contribution in [3.8, 4) is 0 Å². The van der Waals surface area contributed by atoms with Gasteiger partial charge in [-0.1, -0.05) is 18.2 Å². The van der Waals surface area contributed by atoms with Gasteiger partial charge in [0.1, 0.15) is 30.8 Å². The second-order valence-corrected chi connectivity index (χ2v) is 12.7. The van der Waals surface area contributed by atoms with Gasteiger partial charge in [-0.25, -0.2) is 4.79 Å². The van der Waals surface area contributed by atoms with E-state index in [1.54, 1.807) is 68.4 Å². The van der Waals surface area contributed by atoms with Crippen LogP contribution in [0.2, 0.25) is 0 Å². The Morgan fingerprint density at radius 3 is 1.67 bits per heavy atom. The molecule has 4 amide bonds. The second kappa shape index (κ2) is 19.7. The van der Waals surface area contributed by atoms with Crippen molar-refractivity contribution in [3.05, 3.63) is 24.3 Å². The molecule has 262 valence electrons. The third-order valence-electron chi connectivity index (χ3n) is 5.97. The fourth-order valence-electron chi connectivity index (χ4n) is 4.13. The molecule has 0 aliphatic rings. The van der Waals surface area contributed by atoms with E-state index in [0.29, 0.717) is 0 Å². The van der Waals surface area contributed by atoms with Crippen molar-refractivity contribution in [3.63, 3.8) is 0 Å². The summed E-state index contributed by atoms with van der Waals surface area (Å²) < 4.78 is 21.5. The Kier molecular flexibility index (Phi) is 18.1. The Bertz CT molecular complexity index is 1110. The van der Waals surface area contributed by atoms with Crippen LogP contribution in [0.15, 0.2) is 24.3 Å². The van der Waals surface area contributed by atoms with Gasteiger partial charge in [-0.2, -0.15) is 0 Å². The third kappa shape index (κ3) is 17.6.